The maximum Gasteiger partial charge on any atom is 0.327 e. The van der Waals surface area contributed by atoms with E-state index in [1.807, 2.05) is 18.2 Å². The number of carboxylic acids is 1. The van der Waals surface area contributed by atoms with Crippen LogP contribution in [-0.2, 0) is 16.0 Å². The normalized spacial score (nSPS) is 15.8. The number of rotatable bonds is 6. The average Bonchev–Trinajstić information content (AvgIpc) is 3.31. The first-order valence-corrected chi connectivity index (χ1v) is 10.7. The highest BCUT2D eigenvalue weighted by molar-refractivity contribution is 7.80. The standard InChI is InChI=1S/C23H16Cl2N2O4S/c24-15-9-14(10-16(25)11-15)20-7-6-17(31-20)12-18-21(28)27(23(32)26-18)19(22(29)30)8-13-4-2-1-3-5-13/h1-7,9-12,19H,8H2,(H,26,32)(H,29,30)/b18-12+/t19-/m0/s1. The van der Waals surface area contributed by atoms with Gasteiger partial charge in [0.05, 0.1) is 0 Å². The second-order valence-electron chi connectivity index (χ2n) is 7.07. The Morgan fingerprint density at radius 3 is 2.47 bits per heavy atom. The molecule has 162 valence electrons. The summed E-state index contributed by atoms with van der Waals surface area (Å²) in [6.45, 7) is 0. The van der Waals surface area contributed by atoms with Crippen LogP contribution in [0.5, 0.6) is 0 Å². The summed E-state index contributed by atoms with van der Waals surface area (Å²) in [5, 5.41) is 13.5. The number of carbonyl (C=O) groups excluding carboxylic acids is 1. The number of carbonyl (C=O) groups is 2. The van der Waals surface area contributed by atoms with E-state index < -0.39 is 17.9 Å². The molecular formula is C23H16Cl2N2O4S. The van der Waals surface area contributed by atoms with E-state index in [4.69, 9.17) is 39.8 Å². The van der Waals surface area contributed by atoms with Gasteiger partial charge in [0.15, 0.2) is 5.11 Å². The molecule has 3 aromatic rings. The first-order valence-electron chi connectivity index (χ1n) is 9.51. The lowest BCUT2D eigenvalue weighted by Gasteiger charge is -2.22. The molecular weight excluding hydrogens is 471 g/mol. The van der Waals surface area contributed by atoms with Crippen LogP contribution in [0.2, 0.25) is 10.0 Å². The maximum absolute atomic E-state index is 13.0. The fourth-order valence-corrected chi connectivity index (χ4v) is 4.23. The van der Waals surface area contributed by atoms with Gasteiger partial charge in [0, 0.05) is 28.1 Å². The van der Waals surface area contributed by atoms with Crippen molar-refractivity contribution in [1.82, 2.24) is 10.2 Å². The van der Waals surface area contributed by atoms with Crippen molar-refractivity contribution in [2.45, 2.75) is 12.5 Å². The van der Waals surface area contributed by atoms with Crippen LogP contribution in [0.1, 0.15) is 11.3 Å². The minimum Gasteiger partial charge on any atom is -0.480 e. The van der Waals surface area contributed by atoms with Crippen LogP contribution in [0.25, 0.3) is 17.4 Å². The minimum absolute atomic E-state index is 0.0259. The second kappa shape index (κ2) is 9.16. The molecule has 0 saturated carbocycles. The summed E-state index contributed by atoms with van der Waals surface area (Å²) in [5.41, 5.74) is 1.59. The zero-order valence-electron chi connectivity index (χ0n) is 16.4. The highest BCUT2D eigenvalue weighted by atomic mass is 35.5. The molecule has 1 amide bonds. The van der Waals surface area contributed by atoms with Gasteiger partial charge in [-0.3, -0.25) is 9.69 Å². The fourth-order valence-electron chi connectivity index (χ4n) is 3.38. The van der Waals surface area contributed by atoms with Crippen molar-refractivity contribution >= 4 is 58.5 Å². The molecule has 1 fully saturated rings. The van der Waals surface area contributed by atoms with Crippen LogP contribution < -0.4 is 5.32 Å². The molecule has 2 aromatic carbocycles. The summed E-state index contributed by atoms with van der Waals surface area (Å²) in [6, 6.07) is 16.3. The number of hydrogen-bond acceptors (Lipinski definition) is 4. The lowest BCUT2D eigenvalue weighted by Crippen LogP contribution is -2.46. The molecule has 0 bridgehead atoms. The maximum atomic E-state index is 13.0. The molecule has 0 spiro atoms. The quantitative estimate of drug-likeness (QED) is 0.376. The molecule has 4 rings (SSSR count). The predicted octanol–water partition coefficient (Wildman–Crippen LogP) is 5.01. The van der Waals surface area contributed by atoms with E-state index >= 15 is 0 Å². The van der Waals surface area contributed by atoms with Gasteiger partial charge in [-0.1, -0.05) is 53.5 Å². The summed E-state index contributed by atoms with van der Waals surface area (Å²) >= 11 is 17.4. The van der Waals surface area contributed by atoms with Crippen LogP contribution in [-0.4, -0.2) is 33.0 Å². The number of nitrogens with zero attached hydrogens (tertiary/aromatic N) is 1. The number of furan rings is 1. The van der Waals surface area contributed by atoms with Crippen LogP contribution in [0.3, 0.4) is 0 Å². The predicted molar refractivity (Wildman–Crippen MR) is 126 cm³/mol. The Morgan fingerprint density at radius 2 is 1.81 bits per heavy atom. The van der Waals surface area contributed by atoms with Gasteiger partial charge < -0.3 is 14.8 Å². The SMILES string of the molecule is O=C(O)[C@H](Cc1ccccc1)N1C(=O)/C(=C\c2ccc(-c3cc(Cl)cc(Cl)c3)o2)NC1=S. The first-order chi connectivity index (χ1) is 15.3. The van der Waals surface area contributed by atoms with Gasteiger partial charge in [-0.05, 0) is 48.1 Å². The van der Waals surface area contributed by atoms with Crippen molar-refractivity contribution in [3.8, 4) is 11.3 Å². The van der Waals surface area contributed by atoms with E-state index in [-0.39, 0.29) is 17.2 Å². The highest BCUT2D eigenvalue weighted by Gasteiger charge is 2.39. The molecule has 9 heteroatoms. The molecule has 6 nitrogen and oxygen atoms in total. The van der Waals surface area contributed by atoms with Crippen molar-refractivity contribution in [2.24, 2.45) is 0 Å². The lowest BCUT2D eigenvalue weighted by molar-refractivity contribution is -0.145. The molecule has 1 atom stereocenters. The summed E-state index contributed by atoms with van der Waals surface area (Å²) in [6.07, 6.45) is 1.60. The molecule has 1 aromatic heterocycles. The van der Waals surface area contributed by atoms with Crippen molar-refractivity contribution in [2.75, 3.05) is 0 Å². The lowest BCUT2D eigenvalue weighted by atomic mass is 10.0. The fraction of sp³-hybridized carbons (Fsp3) is 0.0870. The number of amides is 1. The topological polar surface area (TPSA) is 82.8 Å². The molecule has 1 aliphatic rings. The van der Waals surface area contributed by atoms with Gasteiger partial charge in [0.25, 0.3) is 5.91 Å². The third-order valence-electron chi connectivity index (χ3n) is 4.84. The zero-order chi connectivity index (χ0) is 22.8. The van der Waals surface area contributed by atoms with Crippen LogP contribution in [0, 0.1) is 0 Å². The third-order valence-corrected chi connectivity index (χ3v) is 5.57. The second-order valence-corrected chi connectivity index (χ2v) is 8.33. The van der Waals surface area contributed by atoms with E-state index in [0.717, 1.165) is 10.5 Å². The molecule has 1 aliphatic heterocycles. The monoisotopic (exact) mass is 486 g/mol. The van der Waals surface area contributed by atoms with E-state index in [2.05, 4.69) is 5.32 Å². The van der Waals surface area contributed by atoms with Crippen LogP contribution in [0.4, 0.5) is 0 Å². The van der Waals surface area contributed by atoms with Gasteiger partial charge in [-0.25, -0.2) is 4.79 Å². The Bertz CT molecular complexity index is 1220. The number of halogens is 2. The number of hydrogen-bond donors (Lipinski definition) is 2. The van der Waals surface area contributed by atoms with Crippen molar-refractivity contribution in [3.05, 3.63) is 87.7 Å². The van der Waals surface area contributed by atoms with Gasteiger partial charge in [0.2, 0.25) is 0 Å². The Labute approximate surface area is 199 Å². The number of carboxylic acid groups (broad SMARTS) is 1. The largest absolute Gasteiger partial charge is 0.480 e. The molecule has 1 saturated heterocycles. The van der Waals surface area contributed by atoms with Gasteiger partial charge >= 0.3 is 5.97 Å². The van der Waals surface area contributed by atoms with Crippen molar-refractivity contribution in [1.29, 1.82) is 0 Å². The highest BCUT2D eigenvalue weighted by Crippen LogP contribution is 2.29. The number of benzene rings is 2. The van der Waals surface area contributed by atoms with E-state index in [1.54, 1.807) is 42.5 Å². The van der Waals surface area contributed by atoms with Gasteiger partial charge in [-0.15, -0.1) is 0 Å². The first kappa shape index (κ1) is 22.1. The molecule has 0 aliphatic carbocycles. The molecule has 0 radical (unpaired) electrons. The Morgan fingerprint density at radius 1 is 1.12 bits per heavy atom. The van der Waals surface area contributed by atoms with Gasteiger partial charge in [0.1, 0.15) is 23.3 Å². The smallest absolute Gasteiger partial charge is 0.327 e. The Kier molecular flexibility index (Phi) is 6.32. The Balaban J connectivity index is 1.58. The molecule has 2 heterocycles. The average molecular weight is 487 g/mol. The zero-order valence-corrected chi connectivity index (χ0v) is 18.7. The van der Waals surface area contributed by atoms with E-state index in [9.17, 15) is 14.7 Å². The molecule has 0 unspecified atom stereocenters. The van der Waals surface area contributed by atoms with Crippen LogP contribution >= 0.6 is 35.4 Å². The third kappa shape index (κ3) is 4.70. The molecule has 2 N–H and O–H groups in total. The van der Waals surface area contributed by atoms with E-state index in [0.29, 0.717) is 27.1 Å². The number of nitrogens with one attached hydrogen (secondary N) is 1. The summed E-state index contributed by atoms with van der Waals surface area (Å²) in [4.78, 5) is 26.0. The number of thiocarbonyl (C=S) groups is 1. The van der Waals surface area contributed by atoms with E-state index in [1.165, 1.54) is 6.08 Å². The van der Waals surface area contributed by atoms with Crippen molar-refractivity contribution in [3.63, 3.8) is 0 Å². The molecule has 32 heavy (non-hydrogen) atoms. The summed E-state index contributed by atoms with van der Waals surface area (Å²) in [7, 11) is 0. The Hall–Kier alpha value is -3.13. The summed E-state index contributed by atoms with van der Waals surface area (Å²) < 4.78 is 5.80. The van der Waals surface area contributed by atoms with Crippen LogP contribution in [0.15, 0.2) is 70.8 Å². The van der Waals surface area contributed by atoms with Gasteiger partial charge in [-0.2, -0.15) is 0 Å². The minimum atomic E-state index is -1.15. The number of aliphatic carboxylic acids is 1. The van der Waals surface area contributed by atoms with Crippen molar-refractivity contribution < 1.29 is 19.1 Å². The summed E-state index contributed by atoms with van der Waals surface area (Å²) in [5.74, 6) is -0.794.